The van der Waals surface area contributed by atoms with Crippen molar-refractivity contribution in [2.45, 2.75) is 6.61 Å². The lowest BCUT2D eigenvalue weighted by molar-refractivity contribution is 0.280. The Balaban J connectivity index is 3.00. The Morgan fingerprint density at radius 1 is 1.20 bits per heavy atom. The van der Waals surface area contributed by atoms with Crippen molar-refractivity contribution >= 4 is 0 Å². The molecular formula is C11H12N2O2. The SMILES string of the molecule is NCC#Cc1cc(CO)c(C#CCN)o1. The second kappa shape index (κ2) is 5.90. The number of aliphatic hydroxyl groups excluding tert-OH is 1. The minimum Gasteiger partial charge on any atom is -0.439 e. The summed E-state index contributed by atoms with van der Waals surface area (Å²) in [6.45, 7) is 0.372. The molecular weight excluding hydrogens is 192 g/mol. The molecule has 0 aliphatic rings. The number of hydrogen-bond acceptors (Lipinski definition) is 4. The predicted octanol–water partition coefficient (Wildman–Crippen LogP) is -0.608. The van der Waals surface area contributed by atoms with Crippen LogP contribution in [0.1, 0.15) is 17.1 Å². The van der Waals surface area contributed by atoms with E-state index in [1.807, 2.05) is 0 Å². The Kier molecular flexibility index (Phi) is 4.46. The summed E-state index contributed by atoms with van der Waals surface area (Å²) in [6, 6.07) is 1.64. The number of furan rings is 1. The third kappa shape index (κ3) is 3.16. The van der Waals surface area contributed by atoms with E-state index in [9.17, 15) is 0 Å². The van der Waals surface area contributed by atoms with Gasteiger partial charge >= 0.3 is 0 Å². The maximum atomic E-state index is 9.02. The third-order valence-electron chi connectivity index (χ3n) is 1.60. The second-order valence-electron chi connectivity index (χ2n) is 2.63. The molecule has 1 aromatic heterocycles. The summed E-state index contributed by atoms with van der Waals surface area (Å²) in [5.74, 6) is 11.6. The minimum absolute atomic E-state index is 0.137. The third-order valence-corrected chi connectivity index (χ3v) is 1.60. The lowest BCUT2D eigenvalue weighted by Crippen LogP contribution is -1.93. The van der Waals surface area contributed by atoms with Crippen LogP contribution in [0.5, 0.6) is 0 Å². The average molecular weight is 204 g/mol. The lowest BCUT2D eigenvalue weighted by Gasteiger charge is -1.86. The molecule has 15 heavy (non-hydrogen) atoms. The monoisotopic (exact) mass is 204 g/mol. The summed E-state index contributed by atoms with van der Waals surface area (Å²) in [7, 11) is 0. The molecule has 0 aliphatic carbocycles. The molecule has 4 heteroatoms. The Morgan fingerprint density at radius 2 is 1.87 bits per heavy atom. The van der Waals surface area contributed by atoms with Gasteiger partial charge in [0.2, 0.25) is 0 Å². The number of rotatable bonds is 1. The zero-order valence-corrected chi connectivity index (χ0v) is 8.21. The Labute approximate surface area is 88.3 Å². The van der Waals surface area contributed by atoms with Gasteiger partial charge in [0.15, 0.2) is 11.5 Å². The van der Waals surface area contributed by atoms with E-state index >= 15 is 0 Å². The van der Waals surface area contributed by atoms with Crippen LogP contribution in [-0.4, -0.2) is 18.2 Å². The number of aliphatic hydroxyl groups is 1. The van der Waals surface area contributed by atoms with Crippen LogP contribution in [0.25, 0.3) is 0 Å². The topological polar surface area (TPSA) is 85.4 Å². The van der Waals surface area contributed by atoms with E-state index in [0.29, 0.717) is 17.1 Å². The molecule has 0 amide bonds. The molecule has 0 radical (unpaired) electrons. The van der Waals surface area contributed by atoms with E-state index in [4.69, 9.17) is 21.0 Å². The van der Waals surface area contributed by atoms with Gasteiger partial charge in [0.05, 0.1) is 19.7 Å². The van der Waals surface area contributed by atoms with E-state index in [-0.39, 0.29) is 19.7 Å². The highest BCUT2D eigenvalue weighted by atomic mass is 16.3. The molecule has 0 bridgehead atoms. The van der Waals surface area contributed by atoms with Crippen LogP contribution >= 0.6 is 0 Å². The van der Waals surface area contributed by atoms with E-state index in [1.165, 1.54) is 0 Å². The van der Waals surface area contributed by atoms with Gasteiger partial charge < -0.3 is 21.0 Å². The first-order valence-corrected chi connectivity index (χ1v) is 4.43. The van der Waals surface area contributed by atoms with Gasteiger partial charge in [0.1, 0.15) is 0 Å². The largest absolute Gasteiger partial charge is 0.439 e. The molecule has 1 heterocycles. The van der Waals surface area contributed by atoms with Gasteiger partial charge in [-0.3, -0.25) is 0 Å². The van der Waals surface area contributed by atoms with Crippen molar-refractivity contribution < 1.29 is 9.52 Å². The van der Waals surface area contributed by atoms with Gasteiger partial charge in [-0.25, -0.2) is 0 Å². The summed E-state index contributed by atoms with van der Waals surface area (Å²) < 4.78 is 5.29. The first-order valence-electron chi connectivity index (χ1n) is 4.43. The van der Waals surface area contributed by atoms with Gasteiger partial charge in [-0.2, -0.15) is 0 Å². The van der Waals surface area contributed by atoms with Crippen LogP contribution in [0, 0.1) is 23.7 Å². The molecule has 0 saturated carbocycles. The van der Waals surface area contributed by atoms with Crippen LogP contribution < -0.4 is 11.5 Å². The molecule has 0 aliphatic heterocycles. The molecule has 4 nitrogen and oxygen atoms in total. The lowest BCUT2D eigenvalue weighted by atomic mass is 10.2. The van der Waals surface area contributed by atoms with Crippen LogP contribution in [0.2, 0.25) is 0 Å². The predicted molar refractivity (Wildman–Crippen MR) is 56.5 cm³/mol. The minimum atomic E-state index is -0.137. The number of hydrogen-bond donors (Lipinski definition) is 3. The molecule has 0 aromatic carbocycles. The van der Waals surface area contributed by atoms with Gasteiger partial charge in [0.25, 0.3) is 0 Å². The molecule has 0 fully saturated rings. The first-order chi connectivity index (χ1) is 7.31. The normalized spacial score (nSPS) is 8.73. The van der Waals surface area contributed by atoms with Crippen LogP contribution in [0.4, 0.5) is 0 Å². The first kappa shape index (κ1) is 11.4. The summed E-state index contributed by atoms with van der Waals surface area (Å²) >= 11 is 0. The van der Waals surface area contributed by atoms with Gasteiger partial charge in [-0.15, -0.1) is 0 Å². The Bertz CT molecular complexity index is 441. The van der Waals surface area contributed by atoms with E-state index in [0.717, 1.165) is 0 Å². The molecule has 78 valence electrons. The quantitative estimate of drug-likeness (QED) is 0.533. The highest BCUT2D eigenvalue weighted by Crippen LogP contribution is 2.13. The fourth-order valence-corrected chi connectivity index (χ4v) is 0.983. The molecule has 5 N–H and O–H groups in total. The maximum Gasteiger partial charge on any atom is 0.184 e. The highest BCUT2D eigenvalue weighted by Gasteiger charge is 2.06. The molecule has 1 rings (SSSR count). The van der Waals surface area contributed by atoms with E-state index < -0.39 is 0 Å². The molecule has 0 unspecified atom stereocenters. The zero-order valence-electron chi connectivity index (χ0n) is 8.21. The Morgan fingerprint density at radius 3 is 2.47 bits per heavy atom. The molecule has 1 aromatic rings. The maximum absolute atomic E-state index is 9.02. The average Bonchev–Trinajstić information content (AvgIpc) is 2.66. The van der Waals surface area contributed by atoms with Crippen molar-refractivity contribution in [3.8, 4) is 23.7 Å². The Hall–Kier alpha value is -1.72. The molecule has 0 spiro atoms. The fourth-order valence-electron chi connectivity index (χ4n) is 0.983. The number of nitrogens with two attached hydrogens (primary N) is 2. The molecule has 0 atom stereocenters. The van der Waals surface area contributed by atoms with Crippen LogP contribution in [-0.2, 0) is 6.61 Å². The summed E-state index contributed by atoms with van der Waals surface area (Å²) in [5, 5.41) is 9.02. The van der Waals surface area contributed by atoms with E-state index in [1.54, 1.807) is 6.07 Å². The zero-order chi connectivity index (χ0) is 11.1. The van der Waals surface area contributed by atoms with Gasteiger partial charge in [-0.1, -0.05) is 11.8 Å². The van der Waals surface area contributed by atoms with Crippen molar-refractivity contribution in [2.75, 3.05) is 13.1 Å². The summed E-state index contributed by atoms with van der Waals surface area (Å²) in [6.07, 6.45) is 0. The summed E-state index contributed by atoms with van der Waals surface area (Å²) in [5.41, 5.74) is 11.1. The smallest absolute Gasteiger partial charge is 0.184 e. The van der Waals surface area contributed by atoms with Gasteiger partial charge in [-0.05, 0) is 17.9 Å². The van der Waals surface area contributed by atoms with Crippen molar-refractivity contribution in [1.82, 2.24) is 0 Å². The highest BCUT2D eigenvalue weighted by molar-refractivity contribution is 5.39. The van der Waals surface area contributed by atoms with E-state index in [2.05, 4.69) is 23.7 Å². The summed E-state index contributed by atoms with van der Waals surface area (Å²) in [4.78, 5) is 0. The van der Waals surface area contributed by atoms with Crippen molar-refractivity contribution in [3.63, 3.8) is 0 Å². The van der Waals surface area contributed by atoms with Crippen LogP contribution in [0.3, 0.4) is 0 Å². The van der Waals surface area contributed by atoms with Gasteiger partial charge in [0, 0.05) is 5.56 Å². The van der Waals surface area contributed by atoms with Crippen molar-refractivity contribution in [2.24, 2.45) is 11.5 Å². The second-order valence-corrected chi connectivity index (χ2v) is 2.63. The standard InChI is InChI=1S/C11H12N2O2/c12-5-1-3-10-7-9(8-14)11(15-10)4-2-6-13/h7,14H,5-6,8,12-13H2. The van der Waals surface area contributed by atoms with Crippen molar-refractivity contribution in [3.05, 3.63) is 23.2 Å². The molecule has 0 saturated heterocycles. The fraction of sp³-hybridized carbons (Fsp3) is 0.273. The van der Waals surface area contributed by atoms with Crippen molar-refractivity contribution in [1.29, 1.82) is 0 Å². The van der Waals surface area contributed by atoms with Crippen LogP contribution in [0.15, 0.2) is 10.5 Å².